The number of aryl methyl sites for hydroxylation is 1. The lowest BCUT2D eigenvalue weighted by Gasteiger charge is -2.32. The van der Waals surface area contributed by atoms with Gasteiger partial charge in [0.15, 0.2) is 0 Å². The number of hydrogen-bond donors (Lipinski definition) is 2. The van der Waals surface area contributed by atoms with Gasteiger partial charge >= 0.3 is 5.97 Å². The fourth-order valence-corrected chi connectivity index (χ4v) is 4.92. The highest BCUT2D eigenvalue weighted by molar-refractivity contribution is 5.86. The Kier molecular flexibility index (Phi) is 6.49. The zero-order chi connectivity index (χ0) is 20.9. The molecule has 1 aliphatic rings. The van der Waals surface area contributed by atoms with Gasteiger partial charge in [-0.1, -0.05) is 73.2 Å². The van der Waals surface area contributed by atoms with Crippen molar-refractivity contribution in [1.29, 1.82) is 0 Å². The van der Waals surface area contributed by atoms with Crippen LogP contribution in [-0.4, -0.2) is 17.1 Å². The zero-order valence-electron chi connectivity index (χ0n) is 17.7. The van der Waals surface area contributed by atoms with Crippen molar-refractivity contribution in [2.75, 3.05) is 0 Å². The van der Waals surface area contributed by atoms with Gasteiger partial charge in [-0.3, -0.25) is 4.79 Å². The number of carboxylic acids is 1. The van der Waals surface area contributed by atoms with Gasteiger partial charge in [0.05, 0.1) is 0 Å². The molecule has 30 heavy (non-hydrogen) atoms. The predicted molar refractivity (Wildman–Crippen MR) is 123 cm³/mol. The van der Waals surface area contributed by atoms with E-state index in [0.29, 0.717) is 24.4 Å². The first-order chi connectivity index (χ1) is 14.6. The lowest BCUT2D eigenvalue weighted by Crippen LogP contribution is -2.35. The minimum atomic E-state index is -0.736. The van der Waals surface area contributed by atoms with Gasteiger partial charge in [-0.25, -0.2) is 0 Å². The van der Waals surface area contributed by atoms with Crippen LogP contribution in [0.25, 0.3) is 10.8 Å². The normalized spacial score (nSPS) is 20.2. The summed E-state index contributed by atoms with van der Waals surface area (Å²) in [6.07, 6.45) is 5.65. The first kappa shape index (κ1) is 20.6. The summed E-state index contributed by atoms with van der Waals surface area (Å²) in [5, 5.41) is 15.4. The SMILES string of the molecule is C[C@@H](NC1CCCC(c2ccc(CCC(=O)O)cc2)C1)c1cccc2ccccc12. The zero-order valence-corrected chi connectivity index (χ0v) is 17.7. The van der Waals surface area contributed by atoms with Gasteiger partial charge in [0.1, 0.15) is 0 Å². The minimum Gasteiger partial charge on any atom is -0.481 e. The second kappa shape index (κ2) is 9.44. The number of aliphatic carboxylic acids is 1. The summed E-state index contributed by atoms with van der Waals surface area (Å²) < 4.78 is 0. The second-order valence-corrected chi connectivity index (χ2v) is 8.65. The molecule has 3 nitrogen and oxygen atoms in total. The molecule has 1 aliphatic carbocycles. The fraction of sp³-hybridized carbons (Fsp3) is 0.370. The van der Waals surface area contributed by atoms with Gasteiger partial charge in [0, 0.05) is 18.5 Å². The topological polar surface area (TPSA) is 49.3 Å². The van der Waals surface area contributed by atoms with E-state index < -0.39 is 5.97 Å². The fourth-order valence-electron chi connectivity index (χ4n) is 4.92. The van der Waals surface area contributed by atoms with Crippen molar-refractivity contribution < 1.29 is 9.90 Å². The predicted octanol–water partition coefficient (Wildman–Crippen LogP) is 6.23. The van der Waals surface area contributed by atoms with E-state index in [1.54, 1.807) is 0 Å². The number of fused-ring (bicyclic) bond motifs is 1. The molecule has 0 spiro atoms. The van der Waals surface area contributed by atoms with Crippen LogP contribution in [0.4, 0.5) is 0 Å². The molecular formula is C27H31NO2. The minimum absolute atomic E-state index is 0.195. The Morgan fingerprint density at radius 1 is 1.03 bits per heavy atom. The Labute approximate surface area is 179 Å². The van der Waals surface area contributed by atoms with Crippen molar-refractivity contribution in [3.05, 3.63) is 83.4 Å². The highest BCUT2D eigenvalue weighted by atomic mass is 16.4. The van der Waals surface area contributed by atoms with Crippen LogP contribution in [-0.2, 0) is 11.2 Å². The van der Waals surface area contributed by atoms with Gasteiger partial charge in [0.2, 0.25) is 0 Å². The van der Waals surface area contributed by atoms with Crippen LogP contribution >= 0.6 is 0 Å². The van der Waals surface area contributed by atoms with Crippen LogP contribution in [0, 0.1) is 0 Å². The molecule has 2 N–H and O–H groups in total. The molecule has 0 saturated heterocycles. The number of benzene rings is 3. The molecule has 0 bridgehead atoms. The molecule has 0 aliphatic heterocycles. The Morgan fingerprint density at radius 2 is 1.80 bits per heavy atom. The highest BCUT2D eigenvalue weighted by Gasteiger charge is 2.24. The van der Waals surface area contributed by atoms with Crippen LogP contribution in [0.5, 0.6) is 0 Å². The van der Waals surface area contributed by atoms with E-state index in [2.05, 4.69) is 79.0 Å². The summed E-state index contributed by atoms with van der Waals surface area (Å²) in [6.45, 7) is 2.28. The maximum absolute atomic E-state index is 10.8. The molecule has 1 saturated carbocycles. The highest BCUT2D eigenvalue weighted by Crippen LogP contribution is 2.34. The van der Waals surface area contributed by atoms with E-state index in [-0.39, 0.29) is 6.42 Å². The third-order valence-corrected chi connectivity index (χ3v) is 6.53. The third kappa shape index (κ3) is 4.91. The Hall–Kier alpha value is -2.65. The summed E-state index contributed by atoms with van der Waals surface area (Å²) in [5.74, 6) is -0.162. The van der Waals surface area contributed by atoms with Crippen LogP contribution in [0.1, 0.15) is 67.7 Å². The van der Waals surface area contributed by atoms with Crippen LogP contribution in [0.2, 0.25) is 0 Å². The molecule has 0 heterocycles. The van der Waals surface area contributed by atoms with Crippen molar-refractivity contribution in [3.8, 4) is 0 Å². The van der Waals surface area contributed by atoms with E-state index in [1.807, 2.05) is 0 Å². The van der Waals surface area contributed by atoms with Crippen molar-refractivity contribution >= 4 is 16.7 Å². The maximum atomic E-state index is 10.8. The standard InChI is InChI=1S/C27H31NO2/c1-19(25-11-5-7-22-6-2-3-10-26(22)25)28-24-9-4-8-23(18-24)21-15-12-20(13-16-21)14-17-27(29)30/h2-3,5-7,10-13,15-16,19,23-24,28H,4,8-9,14,17-18H2,1H3,(H,29,30)/t19-,23?,24?/m1/s1. The van der Waals surface area contributed by atoms with E-state index in [9.17, 15) is 4.79 Å². The molecule has 0 amide bonds. The lowest BCUT2D eigenvalue weighted by atomic mass is 9.80. The molecule has 3 aromatic carbocycles. The molecule has 0 aromatic heterocycles. The number of rotatable bonds is 7. The summed E-state index contributed by atoms with van der Waals surface area (Å²) in [4.78, 5) is 10.8. The first-order valence-electron chi connectivity index (χ1n) is 11.1. The summed E-state index contributed by atoms with van der Waals surface area (Å²) >= 11 is 0. The summed E-state index contributed by atoms with van der Waals surface area (Å²) in [6, 6.07) is 24.7. The molecule has 3 heteroatoms. The van der Waals surface area contributed by atoms with Crippen molar-refractivity contribution in [3.63, 3.8) is 0 Å². The van der Waals surface area contributed by atoms with Gasteiger partial charge in [-0.15, -0.1) is 0 Å². The molecule has 4 rings (SSSR count). The third-order valence-electron chi connectivity index (χ3n) is 6.53. The smallest absolute Gasteiger partial charge is 0.303 e. The van der Waals surface area contributed by atoms with Crippen LogP contribution in [0.3, 0.4) is 0 Å². The van der Waals surface area contributed by atoms with Crippen LogP contribution in [0.15, 0.2) is 66.7 Å². The molecular weight excluding hydrogens is 370 g/mol. The number of carbonyl (C=O) groups is 1. The first-order valence-corrected chi connectivity index (χ1v) is 11.1. The van der Waals surface area contributed by atoms with E-state index in [4.69, 9.17) is 5.11 Å². The quantitative estimate of drug-likeness (QED) is 0.493. The van der Waals surface area contributed by atoms with E-state index in [1.165, 1.54) is 41.2 Å². The number of nitrogens with one attached hydrogen (secondary N) is 1. The van der Waals surface area contributed by atoms with E-state index in [0.717, 1.165) is 12.0 Å². The van der Waals surface area contributed by atoms with Gasteiger partial charge in [-0.2, -0.15) is 0 Å². The van der Waals surface area contributed by atoms with Crippen molar-refractivity contribution in [2.24, 2.45) is 0 Å². The van der Waals surface area contributed by atoms with Gasteiger partial charge in [-0.05, 0) is 66.0 Å². The van der Waals surface area contributed by atoms with Gasteiger partial charge in [0.25, 0.3) is 0 Å². The molecule has 0 radical (unpaired) electrons. The average molecular weight is 402 g/mol. The Morgan fingerprint density at radius 3 is 2.60 bits per heavy atom. The van der Waals surface area contributed by atoms with Crippen LogP contribution < -0.4 is 5.32 Å². The van der Waals surface area contributed by atoms with Crippen molar-refractivity contribution in [2.45, 2.75) is 63.5 Å². The number of carboxylic acid groups (broad SMARTS) is 1. The largest absolute Gasteiger partial charge is 0.481 e. The Bertz CT molecular complexity index is 990. The molecule has 156 valence electrons. The average Bonchev–Trinajstić information content (AvgIpc) is 2.78. The van der Waals surface area contributed by atoms with E-state index >= 15 is 0 Å². The van der Waals surface area contributed by atoms with Crippen molar-refractivity contribution in [1.82, 2.24) is 5.32 Å². The second-order valence-electron chi connectivity index (χ2n) is 8.65. The molecule has 3 aromatic rings. The molecule has 1 fully saturated rings. The lowest BCUT2D eigenvalue weighted by molar-refractivity contribution is -0.136. The monoisotopic (exact) mass is 401 g/mol. The van der Waals surface area contributed by atoms with Gasteiger partial charge < -0.3 is 10.4 Å². The summed E-state index contributed by atoms with van der Waals surface area (Å²) in [5.41, 5.74) is 3.87. The summed E-state index contributed by atoms with van der Waals surface area (Å²) in [7, 11) is 0. The Balaban J connectivity index is 1.41. The number of hydrogen-bond acceptors (Lipinski definition) is 2. The molecule has 3 atom stereocenters. The molecule has 2 unspecified atom stereocenters. The maximum Gasteiger partial charge on any atom is 0.303 e.